The van der Waals surface area contributed by atoms with Gasteiger partial charge in [-0.15, -0.1) is 0 Å². The normalized spacial score (nSPS) is 10.4. The molecule has 5 heteroatoms. The molecule has 0 atom stereocenters. The third kappa shape index (κ3) is 1.51. The van der Waals surface area contributed by atoms with Gasteiger partial charge >= 0.3 is 5.69 Å². The Kier molecular flexibility index (Phi) is 2.48. The summed E-state index contributed by atoms with van der Waals surface area (Å²) >= 11 is 9.23. The molecule has 1 heterocycles. The molecule has 0 spiro atoms. The van der Waals surface area contributed by atoms with Crippen LogP contribution < -0.4 is 5.69 Å². The number of para-hydroxylation sites is 1. The topological polar surface area (TPSA) is 37.8 Å². The lowest BCUT2D eigenvalue weighted by Gasteiger charge is -2.04. The van der Waals surface area contributed by atoms with E-state index in [1.54, 1.807) is 18.3 Å². The van der Waals surface area contributed by atoms with E-state index in [9.17, 15) is 4.79 Å². The molecule has 1 aromatic heterocycles. The van der Waals surface area contributed by atoms with Crippen LogP contribution in [0.3, 0.4) is 0 Å². The molecule has 0 bridgehead atoms. The predicted octanol–water partition coefficient (Wildman–Crippen LogP) is 2.58. The summed E-state index contributed by atoms with van der Waals surface area (Å²) in [6, 6.07) is 7.16. The monoisotopic (exact) mass is 272 g/mol. The lowest BCUT2D eigenvalue weighted by Crippen LogP contribution is -2.15. The van der Waals surface area contributed by atoms with Crippen molar-refractivity contribution in [1.82, 2.24) is 9.55 Å². The third-order valence-corrected chi connectivity index (χ3v) is 2.73. The highest BCUT2D eigenvalue weighted by Gasteiger charge is 2.08. The molecule has 2 rings (SSSR count). The Labute approximate surface area is 93.5 Å². The molecule has 72 valence electrons. The number of hydrogen-bond acceptors (Lipinski definition) is 1. The van der Waals surface area contributed by atoms with Gasteiger partial charge in [-0.1, -0.05) is 23.7 Å². The maximum absolute atomic E-state index is 11.4. The van der Waals surface area contributed by atoms with Gasteiger partial charge in [-0.05, 0) is 28.1 Å². The Balaban J connectivity index is 2.72. The van der Waals surface area contributed by atoms with Crippen molar-refractivity contribution in [2.45, 2.75) is 0 Å². The minimum absolute atomic E-state index is 0.218. The van der Waals surface area contributed by atoms with E-state index in [0.29, 0.717) is 15.3 Å². The van der Waals surface area contributed by atoms with Crippen LogP contribution in [0.25, 0.3) is 5.69 Å². The summed E-state index contributed by atoms with van der Waals surface area (Å²) < 4.78 is 2.11. The average molecular weight is 274 g/mol. The minimum Gasteiger partial charge on any atom is -0.311 e. The second kappa shape index (κ2) is 3.63. The average Bonchev–Trinajstić information content (AvgIpc) is 2.48. The standard InChI is InChI=1S/C9H6BrClN2O/c10-8-5-12-9(14)13(8)7-4-2-1-3-6(7)11/h1-5H,(H,12,14). The zero-order chi connectivity index (χ0) is 10.1. The van der Waals surface area contributed by atoms with Gasteiger partial charge in [0.1, 0.15) is 4.60 Å². The summed E-state index contributed by atoms with van der Waals surface area (Å²) in [5.74, 6) is 0. The Morgan fingerprint density at radius 3 is 2.64 bits per heavy atom. The second-order valence-electron chi connectivity index (χ2n) is 2.70. The van der Waals surface area contributed by atoms with Crippen molar-refractivity contribution in [3.63, 3.8) is 0 Å². The van der Waals surface area contributed by atoms with Gasteiger partial charge in [-0.25, -0.2) is 4.79 Å². The van der Waals surface area contributed by atoms with Gasteiger partial charge in [-0.3, -0.25) is 4.57 Å². The van der Waals surface area contributed by atoms with Crippen molar-refractivity contribution in [3.05, 3.63) is 50.6 Å². The van der Waals surface area contributed by atoms with Crippen LogP contribution in [-0.2, 0) is 0 Å². The fourth-order valence-corrected chi connectivity index (χ4v) is 1.89. The highest BCUT2D eigenvalue weighted by molar-refractivity contribution is 9.10. The summed E-state index contributed by atoms with van der Waals surface area (Å²) in [5.41, 5.74) is 0.442. The highest BCUT2D eigenvalue weighted by Crippen LogP contribution is 2.21. The van der Waals surface area contributed by atoms with Crippen LogP contribution in [0.2, 0.25) is 5.02 Å². The van der Waals surface area contributed by atoms with Gasteiger partial charge in [0.05, 0.1) is 10.7 Å². The molecule has 0 amide bonds. The quantitative estimate of drug-likeness (QED) is 0.852. The van der Waals surface area contributed by atoms with Gasteiger partial charge in [0.25, 0.3) is 0 Å². The van der Waals surface area contributed by atoms with Crippen LogP contribution in [0.15, 0.2) is 39.9 Å². The fraction of sp³-hybridized carbons (Fsp3) is 0. The van der Waals surface area contributed by atoms with Crippen LogP contribution in [-0.4, -0.2) is 9.55 Å². The number of aromatic nitrogens is 2. The van der Waals surface area contributed by atoms with Gasteiger partial charge in [-0.2, -0.15) is 0 Å². The fourth-order valence-electron chi connectivity index (χ4n) is 1.20. The van der Waals surface area contributed by atoms with Crippen LogP contribution in [0, 0.1) is 0 Å². The molecule has 14 heavy (non-hydrogen) atoms. The number of benzene rings is 1. The largest absolute Gasteiger partial charge is 0.331 e. The van der Waals surface area contributed by atoms with E-state index in [4.69, 9.17) is 11.6 Å². The maximum Gasteiger partial charge on any atom is 0.331 e. The number of aromatic amines is 1. The first-order chi connectivity index (χ1) is 6.70. The van der Waals surface area contributed by atoms with E-state index in [1.165, 1.54) is 4.57 Å². The minimum atomic E-state index is -0.218. The first-order valence-corrected chi connectivity index (χ1v) is 5.08. The Morgan fingerprint density at radius 1 is 1.36 bits per heavy atom. The van der Waals surface area contributed by atoms with E-state index >= 15 is 0 Å². The van der Waals surface area contributed by atoms with Crippen molar-refractivity contribution in [2.75, 3.05) is 0 Å². The Bertz CT molecular complexity index is 518. The lowest BCUT2D eigenvalue weighted by molar-refractivity contribution is 0.968. The number of nitrogens with zero attached hydrogens (tertiary/aromatic N) is 1. The van der Waals surface area contributed by atoms with Crippen LogP contribution in [0.5, 0.6) is 0 Å². The lowest BCUT2D eigenvalue weighted by atomic mass is 10.3. The Hall–Kier alpha value is -1.00. The molecule has 0 aliphatic rings. The Morgan fingerprint density at radius 2 is 2.07 bits per heavy atom. The number of imidazole rings is 1. The van der Waals surface area contributed by atoms with E-state index in [1.807, 2.05) is 12.1 Å². The molecule has 0 saturated carbocycles. The molecule has 1 N–H and O–H groups in total. The zero-order valence-corrected chi connectivity index (χ0v) is 9.34. The molecule has 0 radical (unpaired) electrons. The SMILES string of the molecule is O=c1[nH]cc(Br)n1-c1ccccc1Cl. The molecule has 3 nitrogen and oxygen atoms in total. The van der Waals surface area contributed by atoms with Gasteiger partial charge < -0.3 is 4.98 Å². The van der Waals surface area contributed by atoms with Crippen molar-refractivity contribution in [2.24, 2.45) is 0 Å². The smallest absolute Gasteiger partial charge is 0.311 e. The van der Waals surface area contributed by atoms with Crippen molar-refractivity contribution in [1.29, 1.82) is 0 Å². The molecule has 0 aliphatic carbocycles. The highest BCUT2D eigenvalue weighted by atomic mass is 79.9. The number of rotatable bonds is 1. The van der Waals surface area contributed by atoms with E-state index in [0.717, 1.165) is 0 Å². The summed E-state index contributed by atoms with van der Waals surface area (Å²) in [6.07, 6.45) is 1.58. The van der Waals surface area contributed by atoms with Gasteiger partial charge in [0.15, 0.2) is 0 Å². The molecule has 1 aromatic carbocycles. The molecule has 0 saturated heterocycles. The van der Waals surface area contributed by atoms with Crippen molar-refractivity contribution < 1.29 is 0 Å². The first-order valence-electron chi connectivity index (χ1n) is 3.91. The predicted molar refractivity (Wildman–Crippen MR) is 59.1 cm³/mol. The van der Waals surface area contributed by atoms with Gasteiger partial charge in [0.2, 0.25) is 0 Å². The van der Waals surface area contributed by atoms with Crippen molar-refractivity contribution in [3.8, 4) is 5.69 Å². The molecule has 0 unspecified atom stereocenters. The first kappa shape index (κ1) is 9.55. The van der Waals surface area contributed by atoms with Crippen LogP contribution >= 0.6 is 27.5 Å². The number of halogens is 2. The van der Waals surface area contributed by atoms with Crippen LogP contribution in [0.1, 0.15) is 0 Å². The van der Waals surface area contributed by atoms with Gasteiger partial charge in [0, 0.05) is 6.20 Å². The van der Waals surface area contributed by atoms with E-state index in [-0.39, 0.29) is 5.69 Å². The summed E-state index contributed by atoms with van der Waals surface area (Å²) in [6.45, 7) is 0. The maximum atomic E-state index is 11.4. The van der Waals surface area contributed by atoms with E-state index < -0.39 is 0 Å². The molecular weight excluding hydrogens is 267 g/mol. The third-order valence-electron chi connectivity index (χ3n) is 1.82. The molecule has 0 fully saturated rings. The summed E-state index contributed by atoms with van der Waals surface area (Å²) in [7, 11) is 0. The molecular formula is C9H6BrClN2O. The number of H-pyrrole nitrogens is 1. The van der Waals surface area contributed by atoms with Crippen LogP contribution in [0.4, 0.5) is 0 Å². The number of nitrogens with one attached hydrogen (secondary N) is 1. The molecule has 2 aromatic rings. The van der Waals surface area contributed by atoms with E-state index in [2.05, 4.69) is 20.9 Å². The molecule has 0 aliphatic heterocycles. The number of hydrogen-bond donors (Lipinski definition) is 1. The second-order valence-corrected chi connectivity index (χ2v) is 3.92. The summed E-state index contributed by atoms with van der Waals surface area (Å²) in [5, 5.41) is 0.537. The van der Waals surface area contributed by atoms with Crippen molar-refractivity contribution >= 4 is 27.5 Å². The summed E-state index contributed by atoms with van der Waals surface area (Å²) in [4.78, 5) is 14.0. The zero-order valence-electron chi connectivity index (χ0n) is 7.00.